The third kappa shape index (κ3) is 6.99. The molecule has 0 heterocycles. The largest absolute Gasteiger partial charge is 0.390 e. The molecule has 0 spiro atoms. The van der Waals surface area contributed by atoms with Gasteiger partial charge in [0, 0.05) is 13.7 Å². The maximum Gasteiger partial charge on any atom is 0.0800 e. The van der Waals surface area contributed by atoms with E-state index in [1.165, 1.54) is 0 Å². The summed E-state index contributed by atoms with van der Waals surface area (Å²) < 4.78 is 10.3. The van der Waals surface area contributed by atoms with Crippen LogP contribution in [0.25, 0.3) is 0 Å². The summed E-state index contributed by atoms with van der Waals surface area (Å²) in [6.07, 6.45) is 0.681. The molecule has 3 nitrogen and oxygen atoms in total. The fourth-order valence-electron chi connectivity index (χ4n) is 0.951. The molecule has 13 heavy (non-hydrogen) atoms. The maximum atomic E-state index is 9.61. The van der Waals surface area contributed by atoms with Crippen LogP contribution in [0.15, 0.2) is 0 Å². The molecule has 2 unspecified atom stereocenters. The summed E-state index contributed by atoms with van der Waals surface area (Å²) in [7, 11) is 1.67. The van der Waals surface area contributed by atoms with Gasteiger partial charge in [-0.3, -0.25) is 0 Å². The van der Waals surface area contributed by atoms with Crippen molar-refractivity contribution in [3.05, 3.63) is 0 Å². The van der Waals surface area contributed by atoms with Gasteiger partial charge in [0.05, 0.1) is 18.8 Å². The highest BCUT2D eigenvalue weighted by Gasteiger charge is 2.14. The summed E-state index contributed by atoms with van der Waals surface area (Å²) in [5.41, 5.74) is 0. The van der Waals surface area contributed by atoms with Gasteiger partial charge in [0.25, 0.3) is 0 Å². The first-order valence-electron chi connectivity index (χ1n) is 4.86. The van der Waals surface area contributed by atoms with E-state index in [1.807, 2.05) is 20.8 Å². The van der Waals surface area contributed by atoms with Crippen molar-refractivity contribution < 1.29 is 14.6 Å². The second-order valence-corrected chi connectivity index (χ2v) is 3.71. The SMILES string of the molecule is COCCC(C)C(O)COC(C)C. The molecule has 0 aromatic carbocycles. The van der Waals surface area contributed by atoms with E-state index in [0.29, 0.717) is 13.2 Å². The first-order valence-corrected chi connectivity index (χ1v) is 4.86. The van der Waals surface area contributed by atoms with Crippen molar-refractivity contribution in [2.45, 2.75) is 39.4 Å². The summed E-state index contributed by atoms with van der Waals surface area (Å²) in [6, 6.07) is 0. The zero-order valence-corrected chi connectivity index (χ0v) is 9.12. The maximum absolute atomic E-state index is 9.61. The van der Waals surface area contributed by atoms with E-state index in [1.54, 1.807) is 7.11 Å². The Hall–Kier alpha value is -0.120. The number of aliphatic hydroxyl groups excluding tert-OH is 1. The highest BCUT2D eigenvalue weighted by molar-refractivity contribution is 4.63. The lowest BCUT2D eigenvalue weighted by atomic mass is 10.0. The molecule has 0 aromatic heterocycles. The normalized spacial score (nSPS) is 16.2. The van der Waals surface area contributed by atoms with Crippen LogP contribution in [-0.4, -0.2) is 37.6 Å². The fraction of sp³-hybridized carbons (Fsp3) is 1.00. The van der Waals surface area contributed by atoms with Gasteiger partial charge in [0.1, 0.15) is 0 Å². The summed E-state index contributed by atoms with van der Waals surface area (Å²) >= 11 is 0. The fourth-order valence-corrected chi connectivity index (χ4v) is 0.951. The Labute approximate surface area is 81.0 Å². The van der Waals surface area contributed by atoms with Crippen LogP contribution in [0.3, 0.4) is 0 Å². The van der Waals surface area contributed by atoms with E-state index in [2.05, 4.69) is 0 Å². The van der Waals surface area contributed by atoms with Crippen molar-refractivity contribution >= 4 is 0 Å². The third-order valence-corrected chi connectivity index (χ3v) is 2.03. The topological polar surface area (TPSA) is 38.7 Å². The van der Waals surface area contributed by atoms with Crippen LogP contribution >= 0.6 is 0 Å². The summed E-state index contributed by atoms with van der Waals surface area (Å²) in [5.74, 6) is 0.235. The highest BCUT2D eigenvalue weighted by Crippen LogP contribution is 2.09. The van der Waals surface area contributed by atoms with Crippen LogP contribution in [0.5, 0.6) is 0 Å². The number of hydrogen-bond acceptors (Lipinski definition) is 3. The van der Waals surface area contributed by atoms with Gasteiger partial charge in [-0.1, -0.05) is 6.92 Å². The molecular weight excluding hydrogens is 168 g/mol. The van der Waals surface area contributed by atoms with E-state index in [0.717, 1.165) is 6.42 Å². The van der Waals surface area contributed by atoms with Gasteiger partial charge >= 0.3 is 0 Å². The highest BCUT2D eigenvalue weighted by atomic mass is 16.5. The minimum atomic E-state index is -0.377. The molecule has 0 aliphatic rings. The van der Waals surface area contributed by atoms with Crippen molar-refractivity contribution in [1.82, 2.24) is 0 Å². The molecule has 0 aromatic rings. The number of ether oxygens (including phenoxy) is 2. The monoisotopic (exact) mass is 190 g/mol. The van der Waals surface area contributed by atoms with Gasteiger partial charge in [0.15, 0.2) is 0 Å². The molecule has 0 saturated heterocycles. The second kappa shape index (κ2) is 7.30. The lowest BCUT2D eigenvalue weighted by Crippen LogP contribution is -2.26. The predicted molar refractivity (Wildman–Crippen MR) is 52.8 cm³/mol. The third-order valence-electron chi connectivity index (χ3n) is 2.03. The zero-order chi connectivity index (χ0) is 10.3. The van der Waals surface area contributed by atoms with Gasteiger partial charge in [0.2, 0.25) is 0 Å². The molecule has 0 fully saturated rings. The first kappa shape index (κ1) is 12.9. The Morgan fingerprint density at radius 1 is 1.23 bits per heavy atom. The Morgan fingerprint density at radius 3 is 2.31 bits per heavy atom. The quantitative estimate of drug-likeness (QED) is 0.660. The van der Waals surface area contributed by atoms with Crippen LogP contribution in [-0.2, 0) is 9.47 Å². The van der Waals surface area contributed by atoms with Crippen molar-refractivity contribution in [2.24, 2.45) is 5.92 Å². The Kier molecular flexibility index (Phi) is 7.23. The molecule has 0 radical (unpaired) electrons. The lowest BCUT2D eigenvalue weighted by molar-refractivity contribution is -0.0212. The van der Waals surface area contributed by atoms with Gasteiger partial charge in [-0.05, 0) is 26.2 Å². The van der Waals surface area contributed by atoms with Crippen LogP contribution < -0.4 is 0 Å². The molecule has 80 valence electrons. The van der Waals surface area contributed by atoms with Crippen molar-refractivity contribution in [3.63, 3.8) is 0 Å². The summed E-state index contributed by atoms with van der Waals surface area (Å²) in [4.78, 5) is 0. The molecule has 2 atom stereocenters. The average molecular weight is 190 g/mol. The molecule has 0 aliphatic carbocycles. The number of aliphatic hydroxyl groups is 1. The number of hydrogen-bond donors (Lipinski definition) is 1. The van der Waals surface area contributed by atoms with Gasteiger partial charge in [-0.25, -0.2) is 0 Å². The van der Waals surface area contributed by atoms with Gasteiger partial charge in [-0.2, -0.15) is 0 Å². The van der Waals surface area contributed by atoms with E-state index in [9.17, 15) is 5.11 Å². The van der Waals surface area contributed by atoms with Crippen LogP contribution in [0.2, 0.25) is 0 Å². The zero-order valence-electron chi connectivity index (χ0n) is 9.12. The van der Waals surface area contributed by atoms with Gasteiger partial charge in [-0.15, -0.1) is 0 Å². The van der Waals surface area contributed by atoms with E-state index < -0.39 is 0 Å². The van der Waals surface area contributed by atoms with Crippen LogP contribution in [0.4, 0.5) is 0 Å². The molecule has 0 rings (SSSR count). The number of rotatable bonds is 7. The van der Waals surface area contributed by atoms with E-state index in [4.69, 9.17) is 9.47 Å². The predicted octanol–water partition coefficient (Wildman–Crippen LogP) is 1.44. The average Bonchev–Trinajstić information content (AvgIpc) is 2.10. The number of methoxy groups -OCH3 is 1. The Bertz CT molecular complexity index is 115. The second-order valence-electron chi connectivity index (χ2n) is 3.71. The molecule has 3 heteroatoms. The van der Waals surface area contributed by atoms with Crippen molar-refractivity contribution in [1.29, 1.82) is 0 Å². The Morgan fingerprint density at radius 2 is 1.85 bits per heavy atom. The van der Waals surface area contributed by atoms with Crippen LogP contribution in [0, 0.1) is 5.92 Å². The minimum absolute atomic E-state index is 0.185. The smallest absolute Gasteiger partial charge is 0.0800 e. The summed E-state index contributed by atoms with van der Waals surface area (Å²) in [6.45, 7) is 7.05. The van der Waals surface area contributed by atoms with Crippen molar-refractivity contribution in [2.75, 3.05) is 20.3 Å². The Balaban J connectivity index is 3.50. The molecular formula is C10H22O3. The van der Waals surface area contributed by atoms with E-state index >= 15 is 0 Å². The summed E-state index contributed by atoms with van der Waals surface area (Å²) in [5, 5.41) is 9.61. The van der Waals surface area contributed by atoms with Crippen molar-refractivity contribution in [3.8, 4) is 0 Å². The standard InChI is InChI=1S/C10H22O3/c1-8(2)13-7-10(11)9(3)5-6-12-4/h8-11H,5-7H2,1-4H3. The van der Waals surface area contributed by atoms with Crippen LogP contribution in [0.1, 0.15) is 27.2 Å². The first-order chi connectivity index (χ1) is 6.07. The molecule has 1 N–H and O–H groups in total. The molecule has 0 aliphatic heterocycles. The minimum Gasteiger partial charge on any atom is -0.390 e. The lowest BCUT2D eigenvalue weighted by Gasteiger charge is -2.19. The molecule has 0 saturated carbocycles. The molecule has 0 amide bonds. The molecule has 0 bridgehead atoms. The van der Waals surface area contributed by atoms with E-state index in [-0.39, 0.29) is 18.1 Å². The van der Waals surface area contributed by atoms with Gasteiger partial charge < -0.3 is 14.6 Å².